The first-order valence-corrected chi connectivity index (χ1v) is 5.87. The summed E-state index contributed by atoms with van der Waals surface area (Å²) in [6.45, 7) is 2.22. The maximum absolute atomic E-state index is 2.23. The van der Waals surface area contributed by atoms with Crippen LogP contribution in [0.5, 0.6) is 0 Å². The first kappa shape index (κ1) is 9.47. The second-order valence-electron chi connectivity index (χ2n) is 3.38. The normalized spacial score (nSPS) is 10.4. The fourth-order valence-corrected chi connectivity index (χ4v) is 2.40. The van der Waals surface area contributed by atoms with Crippen molar-refractivity contribution < 1.29 is 0 Å². The molecule has 0 aliphatic carbocycles. The van der Waals surface area contributed by atoms with E-state index in [4.69, 9.17) is 0 Å². The molecular weight excluding hydrogens is 188 g/mol. The van der Waals surface area contributed by atoms with Crippen LogP contribution in [0.1, 0.15) is 22.9 Å². The summed E-state index contributed by atoms with van der Waals surface area (Å²) in [5, 5.41) is 2.14. The van der Waals surface area contributed by atoms with Gasteiger partial charge >= 0.3 is 0 Å². The number of thiophene rings is 1. The van der Waals surface area contributed by atoms with Crippen LogP contribution >= 0.6 is 11.3 Å². The quantitative estimate of drug-likeness (QED) is 0.708. The number of benzene rings is 1. The van der Waals surface area contributed by atoms with Crippen LogP contribution in [0.15, 0.2) is 41.8 Å². The van der Waals surface area contributed by atoms with Crippen molar-refractivity contribution >= 4 is 11.3 Å². The second-order valence-corrected chi connectivity index (χ2v) is 4.41. The molecule has 0 saturated carbocycles. The third-order valence-electron chi connectivity index (χ3n) is 2.44. The topological polar surface area (TPSA) is 0 Å². The Balaban J connectivity index is 2.24. The van der Waals surface area contributed by atoms with Gasteiger partial charge in [-0.25, -0.2) is 0 Å². The van der Waals surface area contributed by atoms with Crippen molar-refractivity contribution in [1.29, 1.82) is 0 Å². The monoisotopic (exact) mass is 202 g/mol. The molecule has 0 bridgehead atoms. The van der Waals surface area contributed by atoms with E-state index < -0.39 is 0 Å². The molecule has 1 aromatic carbocycles. The molecule has 0 aliphatic rings. The van der Waals surface area contributed by atoms with Crippen LogP contribution in [0.25, 0.3) is 0 Å². The van der Waals surface area contributed by atoms with Gasteiger partial charge in [0.25, 0.3) is 0 Å². The second kappa shape index (κ2) is 4.43. The average Bonchev–Trinajstić information content (AvgIpc) is 2.71. The zero-order chi connectivity index (χ0) is 9.80. The molecule has 0 nitrogen and oxygen atoms in total. The van der Waals surface area contributed by atoms with Crippen molar-refractivity contribution in [2.45, 2.75) is 19.8 Å². The Bertz CT molecular complexity index is 387. The highest BCUT2D eigenvalue weighted by atomic mass is 32.1. The maximum Gasteiger partial charge on any atom is 0.00891 e. The fraction of sp³-hybridized carbons (Fsp3) is 0.231. The van der Waals surface area contributed by atoms with Gasteiger partial charge in [0.1, 0.15) is 0 Å². The molecule has 0 radical (unpaired) electrons. The molecule has 0 unspecified atom stereocenters. The zero-order valence-electron chi connectivity index (χ0n) is 8.36. The molecule has 0 fully saturated rings. The van der Waals surface area contributed by atoms with Crippen molar-refractivity contribution in [2.24, 2.45) is 0 Å². The molecule has 0 spiro atoms. The van der Waals surface area contributed by atoms with E-state index in [-0.39, 0.29) is 0 Å². The van der Waals surface area contributed by atoms with Gasteiger partial charge in [0, 0.05) is 11.3 Å². The predicted octanol–water partition coefficient (Wildman–Crippen LogP) is 3.90. The van der Waals surface area contributed by atoms with Gasteiger partial charge in [-0.05, 0) is 29.0 Å². The van der Waals surface area contributed by atoms with Crippen molar-refractivity contribution in [1.82, 2.24) is 0 Å². The van der Waals surface area contributed by atoms with Crippen molar-refractivity contribution in [3.05, 3.63) is 57.8 Å². The van der Waals surface area contributed by atoms with E-state index in [1.807, 2.05) is 11.3 Å². The first-order valence-electron chi connectivity index (χ1n) is 4.99. The minimum absolute atomic E-state index is 1.08. The van der Waals surface area contributed by atoms with Crippen LogP contribution < -0.4 is 0 Å². The van der Waals surface area contributed by atoms with Crippen LogP contribution in [-0.2, 0) is 12.8 Å². The van der Waals surface area contributed by atoms with Crippen molar-refractivity contribution in [3.63, 3.8) is 0 Å². The van der Waals surface area contributed by atoms with E-state index >= 15 is 0 Å². The minimum Gasteiger partial charge on any atom is -0.149 e. The highest BCUT2D eigenvalue weighted by Gasteiger charge is 2.01. The lowest BCUT2D eigenvalue weighted by Gasteiger charge is -2.05. The zero-order valence-corrected chi connectivity index (χ0v) is 9.18. The van der Waals surface area contributed by atoms with Gasteiger partial charge < -0.3 is 0 Å². The van der Waals surface area contributed by atoms with Crippen LogP contribution in [0.2, 0.25) is 0 Å². The van der Waals surface area contributed by atoms with E-state index in [9.17, 15) is 0 Å². The lowest BCUT2D eigenvalue weighted by molar-refractivity contribution is 1.07. The minimum atomic E-state index is 1.08. The molecule has 0 amide bonds. The van der Waals surface area contributed by atoms with E-state index in [1.165, 1.54) is 16.0 Å². The molecule has 14 heavy (non-hydrogen) atoms. The number of hydrogen-bond acceptors (Lipinski definition) is 1. The summed E-state index contributed by atoms with van der Waals surface area (Å²) in [4.78, 5) is 1.45. The van der Waals surface area contributed by atoms with Gasteiger partial charge in [0.05, 0.1) is 0 Å². The van der Waals surface area contributed by atoms with E-state index in [0.717, 1.165) is 12.8 Å². The van der Waals surface area contributed by atoms with Gasteiger partial charge in [-0.15, -0.1) is 11.3 Å². The third-order valence-corrected chi connectivity index (χ3v) is 3.32. The summed E-state index contributed by atoms with van der Waals surface area (Å²) in [6, 6.07) is 13.0. The SMILES string of the molecule is CCc1ccccc1Cc1cccs1. The molecule has 2 aromatic rings. The Hall–Kier alpha value is -1.08. The molecule has 2 rings (SSSR count). The molecule has 0 aliphatic heterocycles. The van der Waals surface area contributed by atoms with Crippen LogP contribution in [0.4, 0.5) is 0 Å². The molecule has 0 atom stereocenters. The summed E-state index contributed by atoms with van der Waals surface area (Å²) >= 11 is 1.84. The van der Waals surface area contributed by atoms with Crippen LogP contribution in [-0.4, -0.2) is 0 Å². The summed E-state index contributed by atoms with van der Waals surface area (Å²) in [5.41, 5.74) is 2.94. The van der Waals surface area contributed by atoms with Gasteiger partial charge in [-0.1, -0.05) is 37.3 Å². The fourth-order valence-electron chi connectivity index (χ4n) is 1.68. The Morgan fingerprint density at radius 3 is 2.43 bits per heavy atom. The van der Waals surface area contributed by atoms with Gasteiger partial charge in [0.15, 0.2) is 0 Å². The van der Waals surface area contributed by atoms with Gasteiger partial charge in [0.2, 0.25) is 0 Å². The molecule has 1 heterocycles. The third kappa shape index (κ3) is 2.05. The smallest absolute Gasteiger partial charge is 0.00891 e. The standard InChI is InChI=1S/C13H14S/c1-2-11-6-3-4-7-12(11)10-13-8-5-9-14-13/h3-9H,2,10H2,1H3. The predicted molar refractivity (Wildman–Crippen MR) is 62.9 cm³/mol. The summed E-state index contributed by atoms with van der Waals surface area (Å²) in [6.07, 6.45) is 2.21. The summed E-state index contributed by atoms with van der Waals surface area (Å²) in [7, 11) is 0. The Labute approximate surface area is 89.2 Å². The summed E-state index contributed by atoms with van der Waals surface area (Å²) < 4.78 is 0. The largest absolute Gasteiger partial charge is 0.149 e. The highest BCUT2D eigenvalue weighted by molar-refractivity contribution is 7.09. The van der Waals surface area contributed by atoms with Gasteiger partial charge in [-0.2, -0.15) is 0 Å². The first-order chi connectivity index (χ1) is 6.90. The van der Waals surface area contributed by atoms with E-state index in [0.29, 0.717) is 0 Å². The molecule has 72 valence electrons. The van der Waals surface area contributed by atoms with E-state index in [2.05, 4.69) is 48.7 Å². The molecular formula is C13H14S. The highest BCUT2D eigenvalue weighted by Crippen LogP contribution is 2.18. The van der Waals surface area contributed by atoms with E-state index in [1.54, 1.807) is 0 Å². The van der Waals surface area contributed by atoms with Crippen LogP contribution in [0, 0.1) is 0 Å². The Kier molecular flexibility index (Phi) is 3.00. The number of hydrogen-bond donors (Lipinski definition) is 0. The Morgan fingerprint density at radius 1 is 1.00 bits per heavy atom. The molecule has 0 saturated heterocycles. The average molecular weight is 202 g/mol. The Morgan fingerprint density at radius 2 is 1.79 bits per heavy atom. The molecule has 1 aromatic heterocycles. The summed E-state index contributed by atoms with van der Waals surface area (Å²) in [5.74, 6) is 0. The number of rotatable bonds is 3. The molecule has 0 N–H and O–H groups in total. The maximum atomic E-state index is 2.23. The van der Waals surface area contributed by atoms with Crippen LogP contribution in [0.3, 0.4) is 0 Å². The van der Waals surface area contributed by atoms with Crippen molar-refractivity contribution in [3.8, 4) is 0 Å². The van der Waals surface area contributed by atoms with Gasteiger partial charge in [-0.3, -0.25) is 0 Å². The van der Waals surface area contributed by atoms with Crippen molar-refractivity contribution in [2.75, 3.05) is 0 Å². The lowest BCUT2D eigenvalue weighted by Crippen LogP contribution is -1.91. The number of aryl methyl sites for hydroxylation is 1. The lowest BCUT2D eigenvalue weighted by atomic mass is 10.0. The molecule has 1 heteroatoms.